The minimum absolute atomic E-state index is 0.187. The van der Waals surface area contributed by atoms with Crippen LogP contribution in [0, 0.1) is 0 Å². The highest BCUT2D eigenvalue weighted by Crippen LogP contribution is 2.37. The van der Waals surface area contributed by atoms with Gasteiger partial charge in [-0.1, -0.05) is 0 Å². The van der Waals surface area contributed by atoms with Gasteiger partial charge in [-0.15, -0.1) is 0 Å². The zero-order valence-electron chi connectivity index (χ0n) is 17.7. The molecule has 3 aromatic rings. The topological polar surface area (TPSA) is 60.7 Å². The van der Waals surface area contributed by atoms with Gasteiger partial charge in [0.15, 0.2) is 0 Å². The Kier molecular flexibility index (Phi) is 5.79. The molecular weight excluding hydrogens is 378 g/mol. The first-order valence-corrected chi connectivity index (χ1v) is 10.4. The number of benzene rings is 2. The fourth-order valence-corrected chi connectivity index (χ4v) is 4.02. The summed E-state index contributed by atoms with van der Waals surface area (Å²) in [6, 6.07) is 11.4. The zero-order valence-corrected chi connectivity index (χ0v) is 17.7. The van der Waals surface area contributed by atoms with Crippen molar-refractivity contribution in [1.82, 2.24) is 0 Å². The molecule has 0 saturated heterocycles. The fraction of sp³-hybridized carbons (Fsp3) is 0.320. The van der Waals surface area contributed by atoms with Gasteiger partial charge in [0.2, 0.25) is 5.91 Å². The Balaban J connectivity index is 1.60. The number of nitrogens with one attached hydrogen (secondary N) is 1. The smallest absolute Gasteiger partial charge is 0.248 e. The molecule has 1 amide bonds. The number of hydrogen-bond acceptors (Lipinski definition) is 4. The van der Waals surface area contributed by atoms with Gasteiger partial charge < -0.3 is 19.2 Å². The monoisotopic (exact) mass is 405 g/mol. The van der Waals surface area contributed by atoms with Crippen LogP contribution in [0.4, 0.5) is 5.69 Å². The van der Waals surface area contributed by atoms with Crippen molar-refractivity contribution in [3.63, 3.8) is 0 Å². The lowest BCUT2D eigenvalue weighted by Crippen LogP contribution is -2.08. The number of hydrogen-bond donors (Lipinski definition) is 1. The van der Waals surface area contributed by atoms with Gasteiger partial charge in [0.05, 0.1) is 13.7 Å². The maximum Gasteiger partial charge on any atom is 0.248 e. The molecule has 0 fully saturated rings. The predicted octanol–water partition coefficient (Wildman–Crippen LogP) is 5.76. The van der Waals surface area contributed by atoms with Gasteiger partial charge >= 0.3 is 0 Å². The standard InChI is InChI=1S/C25H27NO4/c1-4-29-18-11-9-17(10-12-18)26-25(27)13-16(2)20-14-21-19-7-5-6-8-22(19)30-24(21)15-23(20)28-3/h9-15H,4-8H2,1-3H3,(H,26,27)/b16-13+. The van der Waals surface area contributed by atoms with Gasteiger partial charge in [-0.05, 0) is 69.0 Å². The van der Waals surface area contributed by atoms with Crippen molar-refractivity contribution in [2.24, 2.45) is 0 Å². The van der Waals surface area contributed by atoms with E-state index < -0.39 is 0 Å². The molecule has 0 aliphatic heterocycles. The first-order valence-electron chi connectivity index (χ1n) is 10.4. The first-order chi connectivity index (χ1) is 14.6. The molecule has 2 aromatic carbocycles. The molecule has 0 saturated carbocycles. The number of methoxy groups -OCH3 is 1. The molecule has 5 heteroatoms. The van der Waals surface area contributed by atoms with Crippen LogP contribution < -0.4 is 14.8 Å². The van der Waals surface area contributed by atoms with E-state index in [0.717, 1.165) is 52.1 Å². The van der Waals surface area contributed by atoms with Crippen LogP contribution in [0.1, 0.15) is 43.6 Å². The normalized spacial score (nSPS) is 13.8. The molecule has 1 heterocycles. The molecular formula is C25H27NO4. The van der Waals surface area contributed by atoms with Crippen molar-refractivity contribution < 1.29 is 18.7 Å². The number of rotatable bonds is 6. The Bertz CT molecular complexity index is 1090. The molecule has 0 bridgehead atoms. The minimum atomic E-state index is -0.187. The molecule has 1 aliphatic carbocycles. The molecule has 5 nitrogen and oxygen atoms in total. The van der Waals surface area contributed by atoms with Crippen LogP contribution in [0.2, 0.25) is 0 Å². The average molecular weight is 405 g/mol. The number of ether oxygens (including phenoxy) is 2. The van der Waals surface area contributed by atoms with E-state index in [9.17, 15) is 4.79 Å². The van der Waals surface area contributed by atoms with E-state index in [1.54, 1.807) is 13.2 Å². The lowest BCUT2D eigenvalue weighted by Gasteiger charge is -2.11. The molecule has 0 unspecified atom stereocenters. The van der Waals surface area contributed by atoms with Crippen molar-refractivity contribution in [1.29, 1.82) is 0 Å². The minimum Gasteiger partial charge on any atom is -0.496 e. The van der Waals surface area contributed by atoms with E-state index in [1.165, 1.54) is 18.4 Å². The van der Waals surface area contributed by atoms with E-state index in [0.29, 0.717) is 12.4 Å². The van der Waals surface area contributed by atoms with Crippen LogP contribution in [0.3, 0.4) is 0 Å². The Hall–Kier alpha value is -3.21. The van der Waals surface area contributed by atoms with Crippen molar-refractivity contribution >= 4 is 28.1 Å². The number of furan rings is 1. The van der Waals surface area contributed by atoms with E-state index in [1.807, 2.05) is 44.2 Å². The maximum atomic E-state index is 12.6. The average Bonchev–Trinajstić information content (AvgIpc) is 3.11. The van der Waals surface area contributed by atoms with Crippen LogP contribution in [0.15, 0.2) is 46.9 Å². The SMILES string of the molecule is CCOc1ccc(NC(=O)/C=C(\C)c2cc3c4c(oc3cc2OC)CCCC4)cc1. The molecule has 0 atom stereocenters. The van der Waals surface area contributed by atoms with E-state index in [2.05, 4.69) is 11.4 Å². The van der Waals surface area contributed by atoms with Gasteiger partial charge in [-0.2, -0.15) is 0 Å². The van der Waals surface area contributed by atoms with E-state index >= 15 is 0 Å². The second kappa shape index (κ2) is 8.66. The number of aryl methyl sites for hydroxylation is 2. The molecule has 1 aliphatic rings. The largest absolute Gasteiger partial charge is 0.496 e. The molecule has 0 radical (unpaired) electrons. The quantitative estimate of drug-likeness (QED) is 0.530. The number of fused-ring (bicyclic) bond motifs is 3. The summed E-state index contributed by atoms with van der Waals surface area (Å²) in [5.74, 6) is 2.39. The molecule has 156 valence electrons. The van der Waals surface area contributed by atoms with Gasteiger partial charge in [-0.25, -0.2) is 0 Å². The highest BCUT2D eigenvalue weighted by Gasteiger charge is 2.20. The Morgan fingerprint density at radius 1 is 1.17 bits per heavy atom. The summed E-state index contributed by atoms with van der Waals surface area (Å²) in [5.41, 5.74) is 4.61. The highest BCUT2D eigenvalue weighted by atomic mass is 16.5. The number of amides is 1. The number of allylic oxidation sites excluding steroid dienone is 1. The zero-order chi connectivity index (χ0) is 21.1. The molecule has 0 spiro atoms. The number of carbonyl (C=O) groups is 1. The second-order valence-electron chi connectivity index (χ2n) is 7.53. The summed E-state index contributed by atoms with van der Waals surface area (Å²) in [6.45, 7) is 4.47. The fourth-order valence-electron chi connectivity index (χ4n) is 4.02. The van der Waals surface area contributed by atoms with Crippen molar-refractivity contribution in [2.75, 3.05) is 19.0 Å². The summed E-state index contributed by atoms with van der Waals surface area (Å²) in [6.07, 6.45) is 5.98. The second-order valence-corrected chi connectivity index (χ2v) is 7.53. The summed E-state index contributed by atoms with van der Waals surface area (Å²) in [5, 5.41) is 4.03. The molecule has 30 heavy (non-hydrogen) atoms. The van der Waals surface area contributed by atoms with Gasteiger partial charge in [0.1, 0.15) is 22.8 Å². The summed E-state index contributed by atoms with van der Waals surface area (Å²) in [4.78, 5) is 12.6. The molecule has 1 aromatic heterocycles. The molecule has 4 rings (SSSR count). The number of carbonyl (C=O) groups excluding carboxylic acids is 1. The lowest BCUT2D eigenvalue weighted by atomic mass is 9.94. The van der Waals surface area contributed by atoms with Crippen molar-refractivity contribution in [3.8, 4) is 11.5 Å². The predicted molar refractivity (Wildman–Crippen MR) is 119 cm³/mol. The lowest BCUT2D eigenvalue weighted by molar-refractivity contribution is -0.111. The van der Waals surface area contributed by atoms with E-state index in [-0.39, 0.29) is 5.91 Å². The van der Waals surface area contributed by atoms with Gasteiger partial charge in [-0.3, -0.25) is 4.79 Å². The van der Waals surface area contributed by atoms with Gasteiger partial charge in [0, 0.05) is 40.8 Å². The third-order valence-electron chi connectivity index (χ3n) is 5.48. The van der Waals surface area contributed by atoms with Crippen molar-refractivity contribution in [2.45, 2.75) is 39.5 Å². The highest BCUT2D eigenvalue weighted by molar-refractivity contribution is 6.04. The first kappa shape index (κ1) is 20.1. The van der Waals surface area contributed by atoms with Crippen LogP contribution in [-0.4, -0.2) is 19.6 Å². The summed E-state index contributed by atoms with van der Waals surface area (Å²) < 4.78 is 17.1. The summed E-state index contributed by atoms with van der Waals surface area (Å²) >= 11 is 0. The third kappa shape index (κ3) is 4.06. The van der Waals surface area contributed by atoms with E-state index in [4.69, 9.17) is 13.9 Å². The Morgan fingerprint density at radius 2 is 1.93 bits per heavy atom. The van der Waals surface area contributed by atoms with Crippen LogP contribution in [0.25, 0.3) is 16.5 Å². The maximum absolute atomic E-state index is 12.6. The van der Waals surface area contributed by atoms with Gasteiger partial charge in [0.25, 0.3) is 0 Å². The summed E-state index contributed by atoms with van der Waals surface area (Å²) in [7, 11) is 1.64. The van der Waals surface area contributed by atoms with Crippen molar-refractivity contribution in [3.05, 3.63) is 59.4 Å². The third-order valence-corrected chi connectivity index (χ3v) is 5.48. The molecule has 1 N–H and O–H groups in total. The van der Waals surface area contributed by atoms with Crippen LogP contribution >= 0.6 is 0 Å². The van der Waals surface area contributed by atoms with Crippen LogP contribution in [-0.2, 0) is 17.6 Å². The number of anilines is 1. The van der Waals surface area contributed by atoms with Crippen LogP contribution in [0.5, 0.6) is 11.5 Å². The Labute approximate surface area is 176 Å². The Morgan fingerprint density at radius 3 is 2.67 bits per heavy atom.